The van der Waals surface area contributed by atoms with Gasteiger partial charge in [-0.05, 0) is 6.54 Å². The van der Waals surface area contributed by atoms with Gasteiger partial charge in [-0.15, -0.1) is 4.90 Å². The summed E-state index contributed by atoms with van der Waals surface area (Å²) in [6, 6.07) is 0. The van der Waals surface area contributed by atoms with E-state index >= 15 is 0 Å². The molecule has 14 heavy (non-hydrogen) atoms. The molecule has 0 heterocycles. The van der Waals surface area contributed by atoms with Crippen LogP contribution in [-0.2, 0) is 21.1 Å². The van der Waals surface area contributed by atoms with Gasteiger partial charge in [0, 0.05) is 21.1 Å². The molecule has 0 aliphatic heterocycles. The second-order valence-corrected chi connectivity index (χ2v) is 2.02. The van der Waals surface area contributed by atoms with Gasteiger partial charge in [0.2, 0.25) is 0 Å². The average molecular weight is 390 g/mol. The first-order valence-corrected chi connectivity index (χ1v) is 3.05. The molecule has 1 nitrogen and oxygen atoms in total. The van der Waals surface area contributed by atoms with Crippen LogP contribution in [0.5, 0.6) is 0 Å². The van der Waals surface area contributed by atoms with Crippen LogP contribution in [0.2, 0.25) is 0 Å². The van der Waals surface area contributed by atoms with Crippen molar-refractivity contribution in [1.29, 1.82) is 0 Å². The minimum atomic E-state index is -5.42. The van der Waals surface area contributed by atoms with Crippen LogP contribution in [0.4, 0.5) is 26.3 Å². The first-order valence-electron chi connectivity index (χ1n) is 3.05. The number of nitrogens with zero attached hydrogens (tertiary/aromatic N) is 1. The summed E-state index contributed by atoms with van der Waals surface area (Å²) in [5.41, 5.74) is 0. The molecule has 0 aromatic carbocycles. The van der Waals surface area contributed by atoms with E-state index in [1.54, 1.807) is 0 Å². The summed E-state index contributed by atoms with van der Waals surface area (Å²) < 4.78 is 70.1. The first kappa shape index (κ1) is 16.3. The van der Waals surface area contributed by atoms with Crippen LogP contribution < -0.4 is 0 Å². The van der Waals surface area contributed by atoms with Crippen molar-refractivity contribution in [2.45, 2.75) is 12.6 Å². The third kappa shape index (κ3) is 5.54. The average Bonchev–Trinajstić information content (AvgIpc) is 1.81. The molecule has 0 fully saturated rings. The molecular weight excluding hydrogens is 384 g/mol. The summed E-state index contributed by atoms with van der Waals surface area (Å²) in [6.45, 7) is 1.70. The maximum Gasteiger partial charge on any atom is 0.465 e. The number of rotatable bonds is 2. The van der Waals surface area contributed by atoms with Gasteiger partial charge >= 0.3 is 12.6 Å². The van der Waals surface area contributed by atoms with Gasteiger partial charge in [0.25, 0.3) is 0 Å². The second kappa shape index (κ2) is 5.65. The monoisotopic (exact) mass is 390 g/mol. The van der Waals surface area contributed by atoms with E-state index in [1.165, 1.54) is 0 Å². The van der Waals surface area contributed by atoms with Gasteiger partial charge < -0.3 is 0 Å². The van der Waals surface area contributed by atoms with E-state index in [9.17, 15) is 26.3 Å². The van der Waals surface area contributed by atoms with Crippen molar-refractivity contribution >= 4 is 0 Å². The van der Waals surface area contributed by atoms with Crippen molar-refractivity contribution in [3.63, 3.8) is 0 Å². The van der Waals surface area contributed by atoms with Gasteiger partial charge in [0.1, 0.15) is 0 Å². The van der Waals surface area contributed by atoms with Gasteiger partial charge in [-0.3, -0.25) is 0 Å². The normalized spacial score (nSPS) is 13.4. The third-order valence-corrected chi connectivity index (χ3v) is 1.07. The minimum absolute atomic E-state index is 0. The van der Waals surface area contributed by atoms with E-state index < -0.39 is 24.0 Å². The Bertz CT molecular complexity index is 170. The van der Waals surface area contributed by atoms with Crippen LogP contribution in [0.25, 0.3) is 0 Å². The zero-order valence-corrected chi connectivity index (χ0v) is 9.63. The van der Waals surface area contributed by atoms with Crippen LogP contribution in [0.15, 0.2) is 12.2 Å². The number of halogens is 6. The van der Waals surface area contributed by atoms with Crippen molar-refractivity contribution in [3.8, 4) is 0 Å². The zero-order valence-electron chi connectivity index (χ0n) is 6.69. The molecule has 0 aliphatic carbocycles. The predicted molar refractivity (Wildman–Crippen MR) is 33.3 cm³/mol. The Balaban J connectivity index is 0. The van der Waals surface area contributed by atoms with E-state index in [2.05, 4.69) is 6.92 Å². The number of hydrogen-bond acceptors (Lipinski definition) is 1. The van der Waals surface area contributed by atoms with E-state index in [0.717, 1.165) is 6.08 Å². The summed E-state index contributed by atoms with van der Waals surface area (Å²) in [7, 11) is 0. The van der Waals surface area contributed by atoms with Crippen LogP contribution in [0.3, 0.4) is 0 Å². The molecule has 0 saturated heterocycles. The number of hydrogen-bond donors (Lipinski definition) is 0. The summed E-state index contributed by atoms with van der Waals surface area (Å²) in [6.07, 6.45) is -9.30. The van der Waals surface area contributed by atoms with E-state index in [1.807, 2.05) is 0 Å². The summed E-state index contributed by atoms with van der Waals surface area (Å²) >= 11 is 0. The molecule has 0 aliphatic rings. The molecule has 0 N–H and O–H groups in total. The molecule has 0 radical (unpaired) electrons. The molecule has 0 unspecified atom stereocenters. The smallest absolute Gasteiger partial charge is 0.245 e. The van der Waals surface area contributed by atoms with E-state index in [0.29, 0.717) is 6.08 Å². The van der Waals surface area contributed by atoms with Crippen molar-refractivity contribution in [2.24, 2.45) is 0 Å². The summed E-state index contributed by atoms with van der Waals surface area (Å²) in [5, 5.41) is 0. The molecule has 0 rings (SSSR count). The Morgan fingerprint density at radius 1 is 1.00 bits per heavy atom. The van der Waals surface area contributed by atoms with E-state index in [-0.39, 0.29) is 21.1 Å². The first-order chi connectivity index (χ1) is 5.69. The fraction of sp³-hybridized carbons (Fsp3) is 0.500. The van der Waals surface area contributed by atoms with Crippen molar-refractivity contribution in [1.82, 2.24) is 4.90 Å². The van der Waals surface area contributed by atoms with Crippen LogP contribution in [0, 0.1) is 6.92 Å². The molecular formula is C6H6F6NW-. The van der Waals surface area contributed by atoms with Crippen molar-refractivity contribution in [2.75, 3.05) is 6.54 Å². The van der Waals surface area contributed by atoms with Crippen LogP contribution in [0.1, 0.15) is 0 Å². The molecule has 0 spiro atoms. The Hall–Kier alpha value is -0.162. The fourth-order valence-electron chi connectivity index (χ4n) is 0.531. The molecule has 0 saturated carbocycles. The van der Waals surface area contributed by atoms with Crippen molar-refractivity contribution in [3.05, 3.63) is 19.1 Å². The second-order valence-electron chi connectivity index (χ2n) is 2.02. The molecule has 0 atom stereocenters. The SMILES string of the molecule is [CH2-]/C=C/CN(C(F)(F)F)C(F)(F)F.[W]. The molecule has 0 aromatic rings. The molecule has 84 valence electrons. The van der Waals surface area contributed by atoms with Crippen LogP contribution >= 0.6 is 0 Å². The van der Waals surface area contributed by atoms with Gasteiger partial charge in [0.05, 0.1) is 0 Å². The molecule has 0 amide bonds. The maximum atomic E-state index is 11.7. The quantitative estimate of drug-likeness (QED) is 0.399. The zero-order chi connectivity index (χ0) is 10.7. The Labute approximate surface area is 91.0 Å². The van der Waals surface area contributed by atoms with Crippen LogP contribution in [-0.4, -0.2) is 24.0 Å². The maximum absolute atomic E-state index is 11.7. The topological polar surface area (TPSA) is 3.24 Å². The Morgan fingerprint density at radius 2 is 1.36 bits per heavy atom. The Morgan fingerprint density at radius 3 is 1.57 bits per heavy atom. The largest absolute Gasteiger partial charge is 0.465 e. The predicted octanol–water partition coefficient (Wildman–Crippen LogP) is 2.72. The number of alkyl halides is 6. The minimum Gasteiger partial charge on any atom is -0.245 e. The summed E-state index contributed by atoms with van der Waals surface area (Å²) in [5.74, 6) is 0. The molecule has 0 bridgehead atoms. The van der Waals surface area contributed by atoms with E-state index in [4.69, 9.17) is 0 Å². The van der Waals surface area contributed by atoms with Gasteiger partial charge in [-0.2, -0.15) is 26.3 Å². The van der Waals surface area contributed by atoms with Gasteiger partial charge in [-0.1, -0.05) is 0 Å². The third-order valence-electron chi connectivity index (χ3n) is 1.07. The summed E-state index contributed by atoms with van der Waals surface area (Å²) in [4.78, 5) is -1.54. The Kier molecular flexibility index (Phi) is 6.57. The molecule has 0 aromatic heterocycles. The number of allylic oxidation sites excluding steroid dienone is 1. The fourth-order valence-corrected chi connectivity index (χ4v) is 0.531. The van der Waals surface area contributed by atoms with Gasteiger partial charge in [0.15, 0.2) is 0 Å². The molecule has 8 heteroatoms. The van der Waals surface area contributed by atoms with Gasteiger partial charge in [-0.25, -0.2) is 19.1 Å². The van der Waals surface area contributed by atoms with Crippen molar-refractivity contribution < 1.29 is 47.4 Å². The standard InChI is InChI=1S/C6H6F6N.W/c1-2-3-4-13(5(7,8)9)6(10,11)12;/h2-3H,1,4H2;/q-1;/b3-2+;.